The lowest BCUT2D eigenvalue weighted by Crippen LogP contribution is -2.53. The minimum Gasteiger partial charge on any atom is -0.355 e. The summed E-state index contributed by atoms with van der Waals surface area (Å²) in [4.78, 5) is 24.2. The second kappa shape index (κ2) is 5.03. The van der Waals surface area contributed by atoms with Crippen molar-refractivity contribution in [1.82, 2.24) is 10.0 Å². The molecule has 1 amide bonds. The van der Waals surface area contributed by atoms with E-state index in [0.29, 0.717) is 25.8 Å². The number of rotatable bonds is 4. The summed E-state index contributed by atoms with van der Waals surface area (Å²) in [5, 5.41) is 2.67. The van der Waals surface area contributed by atoms with E-state index in [1.807, 2.05) is 13.8 Å². The zero-order valence-corrected chi connectivity index (χ0v) is 14.0. The number of fused-ring (bicyclic) bond motifs is 2. The SMILES string of the molecule is CC1(C)[C@H]2CC[C@@]1(CS(=O)(=O)N[C@H]1CCCNC1=O)C(=O)C2. The highest BCUT2D eigenvalue weighted by Gasteiger charge is 2.65. The van der Waals surface area contributed by atoms with Gasteiger partial charge in [0.05, 0.1) is 5.75 Å². The summed E-state index contributed by atoms with van der Waals surface area (Å²) < 4.78 is 27.7. The van der Waals surface area contributed by atoms with Gasteiger partial charge in [-0.25, -0.2) is 13.1 Å². The monoisotopic (exact) mass is 328 g/mol. The molecule has 22 heavy (non-hydrogen) atoms. The Balaban J connectivity index is 1.79. The molecule has 3 fully saturated rings. The van der Waals surface area contributed by atoms with Crippen molar-refractivity contribution in [3.63, 3.8) is 0 Å². The van der Waals surface area contributed by atoms with Crippen molar-refractivity contribution in [2.45, 2.75) is 52.0 Å². The molecule has 2 saturated carbocycles. The first-order valence-electron chi connectivity index (χ1n) is 7.99. The molecule has 2 N–H and O–H groups in total. The summed E-state index contributed by atoms with van der Waals surface area (Å²) in [7, 11) is -3.68. The van der Waals surface area contributed by atoms with E-state index in [0.717, 1.165) is 12.8 Å². The van der Waals surface area contributed by atoms with Gasteiger partial charge in [0, 0.05) is 18.4 Å². The molecule has 0 spiro atoms. The molecule has 0 unspecified atom stereocenters. The van der Waals surface area contributed by atoms with Crippen LogP contribution < -0.4 is 10.0 Å². The number of sulfonamides is 1. The van der Waals surface area contributed by atoms with Gasteiger partial charge >= 0.3 is 0 Å². The van der Waals surface area contributed by atoms with Crippen LogP contribution in [0.4, 0.5) is 0 Å². The quantitative estimate of drug-likeness (QED) is 0.789. The van der Waals surface area contributed by atoms with Gasteiger partial charge in [-0.2, -0.15) is 0 Å². The van der Waals surface area contributed by atoms with E-state index in [1.54, 1.807) is 0 Å². The number of carbonyl (C=O) groups is 2. The molecule has 124 valence electrons. The molecule has 2 bridgehead atoms. The number of Topliss-reactive ketones (excluding diaryl/α,β-unsaturated/α-hetero) is 1. The van der Waals surface area contributed by atoms with E-state index in [4.69, 9.17) is 0 Å². The summed E-state index contributed by atoms with van der Waals surface area (Å²) in [5.74, 6) is -0.0967. The fraction of sp³-hybridized carbons (Fsp3) is 0.867. The lowest BCUT2D eigenvalue weighted by molar-refractivity contribution is -0.128. The van der Waals surface area contributed by atoms with Crippen LogP contribution in [0.25, 0.3) is 0 Å². The van der Waals surface area contributed by atoms with Gasteiger partial charge in [-0.15, -0.1) is 0 Å². The van der Waals surface area contributed by atoms with Crippen LogP contribution in [0, 0.1) is 16.7 Å². The van der Waals surface area contributed by atoms with Crippen molar-refractivity contribution < 1.29 is 18.0 Å². The molecule has 0 aromatic heterocycles. The molecule has 3 atom stereocenters. The number of hydrogen-bond acceptors (Lipinski definition) is 4. The Labute approximate surface area is 131 Å². The predicted molar refractivity (Wildman–Crippen MR) is 81.5 cm³/mol. The van der Waals surface area contributed by atoms with Crippen molar-refractivity contribution >= 4 is 21.7 Å². The van der Waals surface area contributed by atoms with Crippen LogP contribution in [0.15, 0.2) is 0 Å². The molecule has 2 aliphatic carbocycles. The molecular formula is C15H24N2O4S. The molecule has 0 radical (unpaired) electrons. The van der Waals surface area contributed by atoms with Gasteiger partial charge < -0.3 is 5.32 Å². The zero-order valence-electron chi connectivity index (χ0n) is 13.1. The number of carbonyl (C=O) groups excluding carboxylic acids is 2. The van der Waals surface area contributed by atoms with Crippen molar-refractivity contribution in [3.05, 3.63) is 0 Å². The second-order valence-corrected chi connectivity index (χ2v) is 9.28. The van der Waals surface area contributed by atoms with Crippen LogP contribution in [0.2, 0.25) is 0 Å². The highest BCUT2D eigenvalue weighted by molar-refractivity contribution is 7.89. The van der Waals surface area contributed by atoms with E-state index in [1.165, 1.54) is 0 Å². The average molecular weight is 328 g/mol. The summed E-state index contributed by atoms with van der Waals surface area (Å²) in [5.41, 5.74) is -1.07. The normalized spacial score (nSPS) is 37.4. The summed E-state index contributed by atoms with van der Waals surface area (Å²) in [6, 6.07) is -0.702. The molecule has 1 aliphatic heterocycles. The molecule has 3 rings (SSSR count). The van der Waals surface area contributed by atoms with Crippen LogP contribution in [-0.2, 0) is 19.6 Å². The predicted octanol–water partition coefficient (Wildman–Crippen LogP) is 0.580. The van der Waals surface area contributed by atoms with E-state index < -0.39 is 21.5 Å². The minimum atomic E-state index is -3.68. The molecular weight excluding hydrogens is 304 g/mol. The van der Waals surface area contributed by atoms with Crippen LogP contribution in [-0.4, -0.2) is 38.4 Å². The fourth-order valence-electron chi connectivity index (χ4n) is 4.58. The summed E-state index contributed by atoms with van der Waals surface area (Å²) in [6.45, 7) is 4.62. The van der Waals surface area contributed by atoms with Gasteiger partial charge in [0.25, 0.3) is 0 Å². The minimum absolute atomic E-state index is 0.0761. The van der Waals surface area contributed by atoms with Crippen molar-refractivity contribution in [1.29, 1.82) is 0 Å². The number of nitrogens with one attached hydrogen (secondary N) is 2. The maximum atomic E-state index is 12.6. The van der Waals surface area contributed by atoms with Crippen LogP contribution >= 0.6 is 0 Å². The van der Waals surface area contributed by atoms with Crippen molar-refractivity contribution in [3.8, 4) is 0 Å². The third-order valence-electron chi connectivity index (χ3n) is 6.18. The Morgan fingerprint density at radius 2 is 2.00 bits per heavy atom. The first-order valence-corrected chi connectivity index (χ1v) is 9.64. The van der Waals surface area contributed by atoms with Gasteiger partial charge in [0.2, 0.25) is 15.9 Å². The van der Waals surface area contributed by atoms with Crippen LogP contribution in [0.1, 0.15) is 46.0 Å². The smallest absolute Gasteiger partial charge is 0.238 e. The van der Waals surface area contributed by atoms with Gasteiger partial charge in [-0.05, 0) is 37.0 Å². The van der Waals surface area contributed by atoms with Crippen LogP contribution in [0.5, 0.6) is 0 Å². The van der Waals surface area contributed by atoms with Crippen LogP contribution in [0.3, 0.4) is 0 Å². The van der Waals surface area contributed by atoms with E-state index in [9.17, 15) is 18.0 Å². The number of piperidine rings is 1. The molecule has 1 saturated heterocycles. The summed E-state index contributed by atoms with van der Waals surface area (Å²) in [6.07, 6.45) is 3.32. The zero-order chi connectivity index (χ0) is 16.2. The molecule has 6 nitrogen and oxygen atoms in total. The molecule has 3 aliphatic rings. The standard InChI is InChI=1S/C15H24N2O4S/c1-14(2)10-5-6-15(14,12(18)8-10)9-22(20,21)17-11-4-3-7-16-13(11)19/h10-11,17H,3-9H2,1-2H3,(H,16,19)/t10-,11-,15+/m0/s1. The highest BCUT2D eigenvalue weighted by Crippen LogP contribution is 2.64. The Bertz CT molecular complexity index is 613. The average Bonchev–Trinajstić information content (AvgIpc) is 2.74. The third-order valence-corrected chi connectivity index (χ3v) is 7.70. The Kier molecular flexibility index (Phi) is 3.64. The van der Waals surface area contributed by atoms with Crippen molar-refractivity contribution in [2.75, 3.05) is 12.3 Å². The van der Waals surface area contributed by atoms with Gasteiger partial charge in [-0.1, -0.05) is 13.8 Å². The third kappa shape index (κ3) is 2.29. The van der Waals surface area contributed by atoms with Crippen molar-refractivity contribution in [2.24, 2.45) is 16.7 Å². The first kappa shape index (κ1) is 15.9. The highest BCUT2D eigenvalue weighted by atomic mass is 32.2. The van der Waals surface area contributed by atoms with Gasteiger partial charge in [0.15, 0.2) is 0 Å². The Morgan fingerprint density at radius 3 is 2.55 bits per heavy atom. The number of hydrogen-bond donors (Lipinski definition) is 2. The largest absolute Gasteiger partial charge is 0.355 e. The molecule has 1 heterocycles. The lowest BCUT2D eigenvalue weighted by Gasteiger charge is -2.36. The van der Waals surface area contributed by atoms with E-state index in [2.05, 4.69) is 10.0 Å². The maximum absolute atomic E-state index is 12.6. The molecule has 0 aromatic rings. The number of amides is 1. The molecule has 7 heteroatoms. The Morgan fingerprint density at radius 1 is 1.27 bits per heavy atom. The maximum Gasteiger partial charge on any atom is 0.238 e. The fourth-order valence-corrected chi connectivity index (χ4v) is 6.64. The van der Waals surface area contributed by atoms with E-state index >= 15 is 0 Å². The van der Waals surface area contributed by atoms with Gasteiger partial charge in [0.1, 0.15) is 11.8 Å². The topological polar surface area (TPSA) is 92.3 Å². The first-order chi connectivity index (χ1) is 10.2. The van der Waals surface area contributed by atoms with Gasteiger partial charge in [-0.3, -0.25) is 9.59 Å². The molecule has 0 aromatic carbocycles. The lowest BCUT2D eigenvalue weighted by atomic mass is 9.70. The number of ketones is 1. The summed E-state index contributed by atoms with van der Waals surface area (Å²) >= 11 is 0. The Hall–Kier alpha value is -0.950. The van der Waals surface area contributed by atoms with E-state index in [-0.39, 0.29) is 28.8 Å². The second-order valence-electron chi connectivity index (χ2n) is 7.53.